The molecule has 0 unspecified atom stereocenters. The van der Waals surface area contributed by atoms with Gasteiger partial charge in [0.1, 0.15) is 11.5 Å². The molecular formula is C24H23N5O2. The van der Waals surface area contributed by atoms with E-state index in [1.54, 1.807) is 12.1 Å². The van der Waals surface area contributed by atoms with Gasteiger partial charge in [0.05, 0.1) is 16.7 Å². The first kappa shape index (κ1) is 19.2. The number of aromatic nitrogens is 4. The number of aryl methyl sites for hydroxylation is 1. The molecule has 5 rings (SSSR count). The number of likely N-dealkylation sites (tertiary alicyclic amines) is 1. The van der Waals surface area contributed by atoms with E-state index in [1.807, 2.05) is 29.2 Å². The van der Waals surface area contributed by atoms with Crippen LogP contribution in [0.25, 0.3) is 16.7 Å². The van der Waals surface area contributed by atoms with E-state index in [-0.39, 0.29) is 23.1 Å². The third-order valence-electron chi connectivity index (χ3n) is 5.77. The van der Waals surface area contributed by atoms with Crippen molar-refractivity contribution < 1.29 is 4.79 Å². The molecule has 2 aromatic carbocycles. The normalized spacial score (nSPS) is 16.5. The van der Waals surface area contributed by atoms with Crippen LogP contribution in [0.3, 0.4) is 0 Å². The van der Waals surface area contributed by atoms with Crippen LogP contribution in [-0.4, -0.2) is 43.6 Å². The van der Waals surface area contributed by atoms with Crippen LogP contribution >= 0.6 is 0 Å². The van der Waals surface area contributed by atoms with Gasteiger partial charge < -0.3 is 9.88 Å². The van der Waals surface area contributed by atoms with Crippen LogP contribution < -0.4 is 5.56 Å². The number of H-pyrrole nitrogens is 1. The zero-order valence-corrected chi connectivity index (χ0v) is 17.3. The van der Waals surface area contributed by atoms with E-state index in [0.717, 1.165) is 29.7 Å². The average Bonchev–Trinajstić information content (AvgIpc) is 3.23. The summed E-state index contributed by atoms with van der Waals surface area (Å²) in [5.41, 5.74) is 3.79. The maximum atomic E-state index is 13.2. The molecule has 1 aliphatic rings. The van der Waals surface area contributed by atoms with Crippen molar-refractivity contribution in [3.63, 3.8) is 0 Å². The number of hydrogen-bond acceptors (Lipinski definition) is 4. The van der Waals surface area contributed by atoms with Crippen LogP contribution in [0.5, 0.6) is 0 Å². The van der Waals surface area contributed by atoms with Gasteiger partial charge in [0.2, 0.25) is 0 Å². The van der Waals surface area contributed by atoms with E-state index >= 15 is 0 Å². The first-order valence-corrected chi connectivity index (χ1v) is 10.5. The summed E-state index contributed by atoms with van der Waals surface area (Å²) in [5, 5.41) is 4.35. The first-order valence-electron chi connectivity index (χ1n) is 10.5. The minimum absolute atomic E-state index is 0.144. The predicted molar refractivity (Wildman–Crippen MR) is 119 cm³/mol. The van der Waals surface area contributed by atoms with Gasteiger partial charge >= 0.3 is 0 Å². The number of imidazole rings is 1. The van der Waals surface area contributed by atoms with Crippen molar-refractivity contribution in [2.75, 3.05) is 13.1 Å². The van der Waals surface area contributed by atoms with E-state index in [2.05, 4.69) is 29.1 Å². The maximum absolute atomic E-state index is 13.2. The van der Waals surface area contributed by atoms with E-state index in [4.69, 9.17) is 4.98 Å². The number of para-hydroxylation sites is 1. The minimum atomic E-state index is -0.267. The third kappa shape index (κ3) is 3.74. The molecular weight excluding hydrogens is 390 g/mol. The van der Waals surface area contributed by atoms with Gasteiger partial charge in [0, 0.05) is 25.1 Å². The molecule has 3 heterocycles. The van der Waals surface area contributed by atoms with Crippen molar-refractivity contribution in [1.82, 2.24) is 24.6 Å². The topological polar surface area (TPSA) is 83.9 Å². The van der Waals surface area contributed by atoms with Gasteiger partial charge in [-0.05, 0) is 55.7 Å². The number of benzene rings is 2. The van der Waals surface area contributed by atoms with Crippen molar-refractivity contribution in [2.45, 2.75) is 25.7 Å². The Kier molecular flexibility index (Phi) is 4.86. The summed E-state index contributed by atoms with van der Waals surface area (Å²) in [6, 6.07) is 18.2. The molecule has 1 atom stereocenters. The summed E-state index contributed by atoms with van der Waals surface area (Å²) in [6.45, 7) is 3.30. The molecule has 1 fully saturated rings. The second-order valence-corrected chi connectivity index (χ2v) is 8.04. The third-order valence-corrected chi connectivity index (χ3v) is 5.77. The van der Waals surface area contributed by atoms with Crippen molar-refractivity contribution in [1.29, 1.82) is 0 Å². The molecule has 0 spiro atoms. The summed E-state index contributed by atoms with van der Waals surface area (Å²) in [5.74, 6) is 0.895. The molecule has 7 nitrogen and oxygen atoms in total. The molecule has 1 saturated heterocycles. The van der Waals surface area contributed by atoms with Gasteiger partial charge in [-0.2, -0.15) is 9.78 Å². The molecule has 2 aromatic heterocycles. The smallest absolute Gasteiger partial charge is 0.274 e. The Balaban J connectivity index is 1.40. The highest BCUT2D eigenvalue weighted by atomic mass is 16.2. The molecule has 0 bridgehead atoms. The molecule has 0 saturated carbocycles. The van der Waals surface area contributed by atoms with Crippen LogP contribution in [0.1, 0.15) is 40.6 Å². The monoisotopic (exact) mass is 413 g/mol. The van der Waals surface area contributed by atoms with Gasteiger partial charge in [-0.25, -0.2) is 4.98 Å². The van der Waals surface area contributed by atoms with Gasteiger partial charge in [-0.15, -0.1) is 0 Å². The fourth-order valence-corrected chi connectivity index (χ4v) is 4.16. The molecule has 4 aromatic rings. The second kappa shape index (κ2) is 7.83. The molecule has 0 aliphatic carbocycles. The largest absolute Gasteiger partial charge is 0.342 e. The molecule has 1 N–H and O–H groups in total. The number of nitrogens with one attached hydrogen (secondary N) is 1. The van der Waals surface area contributed by atoms with Crippen LogP contribution in [0.4, 0.5) is 0 Å². The summed E-state index contributed by atoms with van der Waals surface area (Å²) < 4.78 is 1.27. The van der Waals surface area contributed by atoms with Gasteiger partial charge in [-0.3, -0.25) is 9.59 Å². The van der Waals surface area contributed by atoms with E-state index < -0.39 is 0 Å². The molecule has 1 aliphatic heterocycles. The van der Waals surface area contributed by atoms with E-state index in [0.29, 0.717) is 18.8 Å². The summed E-state index contributed by atoms with van der Waals surface area (Å²) in [4.78, 5) is 35.5. The summed E-state index contributed by atoms with van der Waals surface area (Å²) in [6.07, 6.45) is 1.87. The lowest BCUT2D eigenvalue weighted by Crippen LogP contribution is -2.40. The van der Waals surface area contributed by atoms with Crippen molar-refractivity contribution >= 4 is 16.9 Å². The molecule has 0 radical (unpaired) electrons. The maximum Gasteiger partial charge on any atom is 0.274 e. The second-order valence-electron chi connectivity index (χ2n) is 8.04. The van der Waals surface area contributed by atoms with Crippen LogP contribution in [0, 0.1) is 6.92 Å². The number of aromatic amines is 1. The highest BCUT2D eigenvalue weighted by Gasteiger charge is 2.28. The number of carbonyl (C=O) groups excluding carboxylic acids is 1. The zero-order valence-electron chi connectivity index (χ0n) is 17.3. The first-order chi connectivity index (χ1) is 15.1. The number of fused-ring (bicyclic) bond motifs is 1. The van der Waals surface area contributed by atoms with Crippen molar-refractivity contribution in [3.8, 4) is 5.69 Å². The van der Waals surface area contributed by atoms with Crippen LogP contribution in [-0.2, 0) is 0 Å². The Morgan fingerprint density at radius 2 is 1.94 bits per heavy atom. The fourth-order valence-electron chi connectivity index (χ4n) is 4.16. The predicted octanol–water partition coefficient (Wildman–Crippen LogP) is 3.44. The molecule has 31 heavy (non-hydrogen) atoms. The highest BCUT2D eigenvalue weighted by molar-refractivity contribution is 5.92. The average molecular weight is 413 g/mol. The summed E-state index contributed by atoms with van der Waals surface area (Å²) >= 11 is 0. The number of rotatable bonds is 3. The van der Waals surface area contributed by atoms with Crippen molar-refractivity contribution in [3.05, 3.63) is 88.1 Å². The molecule has 7 heteroatoms. The number of hydrogen-bond donors (Lipinski definition) is 1. The summed E-state index contributed by atoms with van der Waals surface area (Å²) in [7, 11) is 0. The lowest BCUT2D eigenvalue weighted by atomic mass is 9.97. The Morgan fingerprint density at radius 1 is 1.10 bits per heavy atom. The quantitative estimate of drug-likeness (QED) is 0.558. The van der Waals surface area contributed by atoms with Crippen molar-refractivity contribution in [2.24, 2.45) is 0 Å². The standard InChI is InChI=1S/C24H23N5O2/c1-16-9-10-19-21(14-16)26-23(25-19)17-6-5-13-28(15-17)24(31)20-11-12-22(30)29(27-20)18-7-3-2-4-8-18/h2-4,7-12,14,17H,5-6,13,15H2,1H3,(H,25,26)/t17-/m0/s1. The van der Waals surface area contributed by atoms with E-state index in [9.17, 15) is 9.59 Å². The Hall–Kier alpha value is -3.74. The number of piperidine rings is 1. The fraction of sp³-hybridized carbons (Fsp3) is 0.250. The van der Waals surface area contributed by atoms with Crippen LogP contribution in [0.15, 0.2) is 65.5 Å². The SMILES string of the molecule is Cc1ccc2nc([C@H]3CCCN(C(=O)c4ccc(=O)n(-c5ccccc5)n4)C3)[nH]c2c1. The Bertz CT molecular complexity index is 1310. The van der Waals surface area contributed by atoms with Gasteiger partial charge in [-0.1, -0.05) is 24.3 Å². The number of nitrogens with zero attached hydrogens (tertiary/aromatic N) is 4. The minimum Gasteiger partial charge on any atom is -0.342 e. The number of amides is 1. The number of carbonyl (C=O) groups is 1. The lowest BCUT2D eigenvalue weighted by Gasteiger charge is -2.31. The Labute approximate surface area is 179 Å². The van der Waals surface area contributed by atoms with Crippen LogP contribution in [0.2, 0.25) is 0 Å². The molecule has 156 valence electrons. The Morgan fingerprint density at radius 3 is 2.77 bits per heavy atom. The van der Waals surface area contributed by atoms with Gasteiger partial charge in [0.15, 0.2) is 0 Å². The van der Waals surface area contributed by atoms with E-state index in [1.165, 1.54) is 22.4 Å². The van der Waals surface area contributed by atoms with Gasteiger partial charge in [0.25, 0.3) is 11.5 Å². The highest BCUT2D eigenvalue weighted by Crippen LogP contribution is 2.27. The lowest BCUT2D eigenvalue weighted by molar-refractivity contribution is 0.0697. The zero-order chi connectivity index (χ0) is 21.4. The molecule has 1 amide bonds.